The zero-order chi connectivity index (χ0) is 14.4. The van der Waals surface area contributed by atoms with Crippen LogP contribution in [-0.2, 0) is 0 Å². The van der Waals surface area contributed by atoms with E-state index in [1.54, 1.807) is 12.1 Å². The first-order chi connectivity index (χ1) is 9.66. The largest absolute Gasteiger partial charge is 0.359 e. The summed E-state index contributed by atoms with van der Waals surface area (Å²) in [6.45, 7) is 0. The summed E-state index contributed by atoms with van der Waals surface area (Å²) in [5, 5.41) is 7.92. The van der Waals surface area contributed by atoms with Crippen molar-refractivity contribution in [1.29, 1.82) is 0 Å². The zero-order valence-electron chi connectivity index (χ0n) is 11.0. The van der Waals surface area contributed by atoms with Gasteiger partial charge in [-0.1, -0.05) is 36.9 Å². The van der Waals surface area contributed by atoms with Crippen LogP contribution in [0.1, 0.15) is 37.7 Å². The molecule has 2 N–H and O–H groups in total. The molecule has 1 aliphatic carbocycles. The van der Waals surface area contributed by atoms with Gasteiger partial charge in [0, 0.05) is 11.6 Å². The van der Waals surface area contributed by atoms with Crippen LogP contribution in [0.5, 0.6) is 0 Å². The Morgan fingerprint density at radius 2 is 2.10 bits per heavy atom. The number of nitrogens with zero attached hydrogens (tertiary/aromatic N) is 1. The Kier molecular flexibility index (Phi) is 5.73. The van der Waals surface area contributed by atoms with Gasteiger partial charge in [-0.25, -0.2) is 4.39 Å². The summed E-state index contributed by atoms with van der Waals surface area (Å²) in [6, 6.07) is 4.92. The van der Waals surface area contributed by atoms with E-state index in [9.17, 15) is 4.39 Å². The second kappa shape index (κ2) is 7.55. The van der Waals surface area contributed by atoms with Gasteiger partial charge < -0.3 is 5.32 Å². The van der Waals surface area contributed by atoms with Crippen molar-refractivity contribution >= 4 is 35.1 Å². The van der Waals surface area contributed by atoms with E-state index < -0.39 is 5.82 Å². The summed E-state index contributed by atoms with van der Waals surface area (Å²) >= 11 is 11.0. The Hall–Kier alpha value is -1.20. The van der Waals surface area contributed by atoms with Crippen molar-refractivity contribution in [2.24, 2.45) is 5.10 Å². The standard InChI is InChI=1S/C14H17ClFN3S/c15-12-7-4-8-13(16)11(12)9-17-19-14(20)18-10-5-2-1-3-6-10/h4,7-10H,1-3,5-6H2,(H2,18,19,20)/b17-9-. The lowest BCUT2D eigenvalue weighted by atomic mass is 9.96. The molecule has 0 aliphatic heterocycles. The topological polar surface area (TPSA) is 36.4 Å². The Morgan fingerprint density at radius 3 is 2.80 bits per heavy atom. The van der Waals surface area contributed by atoms with Crippen molar-refractivity contribution in [3.8, 4) is 0 Å². The zero-order valence-corrected chi connectivity index (χ0v) is 12.6. The van der Waals surface area contributed by atoms with E-state index in [0.29, 0.717) is 16.2 Å². The fourth-order valence-corrected chi connectivity index (χ4v) is 2.69. The summed E-state index contributed by atoms with van der Waals surface area (Å²) in [6.07, 6.45) is 7.35. The maximum atomic E-state index is 13.5. The molecule has 6 heteroatoms. The number of halogens is 2. The molecule has 1 aromatic carbocycles. The SMILES string of the molecule is Fc1cccc(Cl)c1/C=N\NC(=S)NC1CCCCC1. The monoisotopic (exact) mass is 313 g/mol. The molecule has 1 fully saturated rings. The molecule has 0 atom stereocenters. The van der Waals surface area contributed by atoms with Gasteiger partial charge in [0.25, 0.3) is 0 Å². The van der Waals surface area contributed by atoms with E-state index in [1.165, 1.54) is 31.5 Å². The number of nitrogens with one attached hydrogen (secondary N) is 2. The molecule has 1 aliphatic rings. The predicted molar refractivity (Wildman–Crippen MR) is 84.7 cm³/mol. The van der Waals surface area contributed by atoms with Gasteiger partial charge in [0.05, 0.1) is 11.2 Å². The van der Waals surface area contributed by atoms with Crippen LogP contribution in [0.15, 0.2) is 23.3 Å². The van der Waals surface area contributed by atoms with E-state index >= 15 is 0 Å². The third kappa shape index (κ3) is 4.42. The van der Waals surface area contributed by atoms with E-state index in [1.807, 2.05) is 0 Å². The number of hydrogen-bond donors (Lipinski definition) is 2. The number of benzene rings is 1. The maximum absolute atomic E-state index is 13.5. The van der Waals surface area contributed by atoms with Crippen LogP contribution in [0.25, 0.3) is 0 Å². The number of thiocarbonyl (C=S) groups is 1. The fourth-order valence-electron chi connectivity index (χ4n) is 2.25. The average Bonchev–Trinajstić information content (AvgIpc) is 2.43. The summed E-state index contributed by atoms with van der Waals surface area (Å²) in [5.74, 6) is -0.408. The second-order valence-electron chi connectivity index (χ2n) is 4.81. The minimum absolute atomic E-state index is 0.252. The van der Waals surface area contributed by atoms with E-state index in [4.69, 9.17) is 23.8 Å². The third-order valence-corrected chi connectivity index (χ3v) is 3.84. The molecule has 0 bridgehead atoms. The maximum Gasteiger partial charge on any atom is 0.187 e. The molecule has 2 rings (SSSR count). The molecule has 0 saturated heterocycles. The van der Waals surface area contributed by atoms with Crippen molar-refractivity contribution in [3.63, 3.8) is 0 Å². The van der Waals surface area contributed by atoms with Crippen LogP contribution in [0.3, 0.4) is 0 Å². The third-order valence-electron chi connectivity index (χ3n) is 3.30. The summed E-state index contributed by atoms with van der Waals surface area (Å²) in [7, 11) is 0. The minimum Gasteiger partial charge on any atom is -0.359 e. The lowest BCUT2D eigenvalue weighted by Gasteiger charge is -2.23. The summed E-state index contributed by atoms with van der Waals surface area (Å²) in [4.78, 5) is 0. The van der Waals surface area contributed by atoms with Crippen LogP contribution in [0.2, 0.25) is 5.02 Å². The number of hydrazone groups is 1. The molecule has 0 spiro atoms. The van der Waals surface area contributed by atoms with Gasteiger partial charge in [-0.15, -0.1) is 0 Å². The lowest BCUT2D eigenvalue weighted by Crippen LogP contribution is -2.40. The van der Waals surface area contributed by atoms with Crippen molar-refractivity contribution in [2.45, 2.75) is 38.1 Å². The van der Waals surface area contributed by atoms with Gasteiger partial charge in [-0.2, -0.15) is 5.10 Å². The van der Waals surface area contributed by atoms with Gasteiger partial charge in [0.15, 0.2) is 5.11 Å². The first kappa shape index (κ1) is 15.2. The normalized spacial score (nSPS) is 16.3. The molecule has 0 radical (unpaired) electrons. The van der Waals surface area contributed by atoms with Crippen LogP contribution in [0, 0.1) is 5.82 Å². The first-order valence-electron chi connectivity index (χ1n) is 6.70. The molecular weight excluding hydrogens is 297 g/mol. The molecule has 0 unspecified atom stereocenters. The van der Waals surface area contributed by atoms with Gasteiger partial charge in [0.2, 0.25) is 0 Å². The van der Waals surface area contributed by atoms with Gasteiger partial charge in [-0.05, 0) is 37.2 Å². The summed E-state index contributed by atoms with van der Waals surface area (Å²) < 4.78 is 13.5. The molecule has 0 aromatic heterocycles. The lowest BCUT2D eigenvalue weighted by molar-refractivity contribution is 0.412. The highest BCUT2D eigenvalue weighted by atomic mass is 35.5. The molecule has 3 nitrogen and oxygen atoms in total. The smallest absolute Gasteiger partial charge is 0.187 e. The van der Waals surface area contributed by atoms with Gasteiger partial charge in [-0.3, -0.25) is 5.43 Å². The molecule has 0 heterocycles. The Balaban J connectivity index is 1.84. The van der Waals surface area contributed by atoms with Crippen LogP contribution in [-0.4, -0.2) is 17.4 Å². The van der Waals surface area contributed by atoms with Crippen LogP contribution in [0.4, 0.5) is 4.39 Å². The predicted octanol–water partition coefficient (Wildman–Crippen LogP) is 3.61. The van der Waals surface area contributed by atoms with E-state index in [-0.39, 0.29) is 5.56 Å². The Morgan fingerprint density at radius 1 is 1.35 bits per heavy atom. The average molecular weight is 314 g/mol. The highest BCUT2D eigenvalue weighted by molar-refractivity contribution is 7.80. The van der Waals surface area contributed by atoms with Crippen molar-refractivity contribution in [3.05, 3.63) is 34.6 Å². The molecular formula is C14H17ClFN3S. The van der Waals surface area contributed by atoms with E-state index in [0.717, 1.165) is 12.8 Å². The second-order valence-corrected chi connectivity index (χ2v) is 5.63. The van der Waals surface area contributed by atoms with Gasteiger partial charge >= 0.3 is 0 Å². The molecule has 0 amide bonds. The van der Waals surface area contributed by atoms with Crippen LogP contribution >= 0.6 is 23.8 Å². The molecule has 20 heavy (non-hydrogen) atoms. The molecule has 1 saturated carbocycles. The minimum atomic E-state index is -0.408. The highest BCUT2D eigenvalue weighted by Crippen LogP contribution is 2.17. The quantitative estimate of drug-likeness (QED) is 0.508. The van der Waals surface area contributed by atoms with Crippen molar-refractivity contribution in [2.75, 3.05) is 0 Å². The van der Waals surface area contributed by atoms with Crippen molar-refractivity contribution < 1.29 is 4.39 Å². The van der Waals surface area contributed by atoms with Crippen molar-refractivity contribution in [1.82, 2.24) is 10.7 Å². The number of rotatable bonds is 3. The number of hydrogen-bond acceptors (Lipinski definition) is 2. The van der Waals surface area contributed by atoms with Gasteiger partial charge in [0.1, 0.15) is 5.82 Å². The van der Waals surface area contributed by atoms with E-state index in [2.05, 4.69) is 15.8 Å². The van der Waals surface area contributed by atoms with Crippen LogP contribution < -0.4 is 10.7 Å². The molecule has 108 valence electrons. The Labute approximate surface area is 128 Å². The first-order valence-corrected chi connectivity index (χ1v) is 7.49. The molecule has 1 aromatic rings. The summed E-state index contributed by atoms with van der Waals surface area (Å²) in [5.41, 5.74) is 2.95. The Bertz CT molecular complexity index is 481. The highest BCUT2D eigenvalue weighted by Gasteiger charge is 2.13. The fraction of sp³-hybridized carbons (Fsp3) is 0.429.